The van der Waals surface area contributed by atoms with Crippen molar-refractivity contribution in [2.75, 3.05) is 19.5 Å². The average Bonchev–Trinajstić information content (AvgIpc) is 2.20. The fraction of sp³-hybridized carbons (Fsp3) is 0.364. The number of rotatable bonds is 5. The molecule has 15 heavy (non-hydrogen) atoms. The number of carboxylic acids is 1. The highest BCUT2D eigenvalue weighted by molar-refractivity contribution is 7.99. The lowest BCUT2D eigenvalue weighted by atomic mass is 10.1. The van der Waals surface area contributed by atoms with Crippen LogP contribution >= 0.6 is 11.8 Å². The molecule has 82 valence electrons. The van der Waals surface area contributed by atoms with Gasteiger partial charge in [0.15, 0.2) is 0 Å². The van der Waals surface area contributed by atoms with Crippen LogP contribution in [0.3, 0.4) is 0 Å². The molecule has 0 aliphatic heterocycles. The summed E-state index contributed by atoms with van der Waals surface area (Å²) in [5.41, 5.74) is 1.43. The van der Waals surface area contributed by atoms with Gasteiger partial charge in [0.25, 0.3) is 0 Å². The molecule has 4 heteroatoms. The largest absolute Gasteiger partial charge is 0.478 e. The van der Waals surface area contributed by atoms with Crippen LogP contribution in [-0.2, 0) is 4.74 Å². The molecule has 0 atom stereocenters. The number of aromatic carboxylic acids is 1. The Kier molecular flexibility index (Phi) is 4.65. The fourth-order valence-corrected chi connectivity index (χ4v) is 2.10. The molecule has 0 bridgehead atoms. The minimum atomic E-state index is -0.886. The van der Waals surface area contributed by atoms with Crippen molar-refractivity contribution in [3.05, 3.63) is 29.3 Å². The van der Waals surface area contributed by atoms with E-state index in [0.717, 1.165) is 16.2 Å². The topological polar surface area (TPSA) is 46.5 Å². The van der Waals surface area contributed by atoms with Crippen LogP contribution in [-0.4, -0.2) is 30.5 Å². The predicted molar refractivity (Wildman–Crippen MR) is 60.7 cm³/mol. The second-order valence-electron chi connectivity index (χ2n) is 3.13. The number of carbonyl (C=O) groups is 1. The van der Waals surface area contributed by atoms with Gasteiger partial charge in [-0.25, -0.2) is 4.79 Å². The van der Waals surface area contributed by atoms with E-state index in [1.54, 1.807) is 31.0 Å². The lowest BCUT2D eigenvalue weighted by Gasteiger charge is -2.06. The van der Waals surface area contributed by atoms with E-state index < -0.39 is 5.97 Å². The van der Waals surface area contributed by atoms with E-state index in [0.29, 0.717) is 12.2 Å². The van der Waals surface area contributed by atoms with Crippen LogP contribution < -0.4 is 0 Å². The molecular weight excluding hydrogens is 212 g/mol. The molecule has 0 fully saturated rings. The summed E-state index contributed by atoms with van der Waals surface area (Å²) in [5.74, 6) is -0.0518. The van der Waals surface area contributed by atoms with Gasteiger partial charge in [0.1, 0.15) is 0 Å². The SMILES string of the molecule is COCCSc1cc(C(=O)O)ccc1C. The van der Waals surface area contributed by atoms with E-state index >= 15 is 0 Å². The Morgan fingerprint density at radius 2 is 2.27 bits per heavy atom. The molecule has 0 amide bonds. The summed E-state index contributed by atoms with van der Waals surface area (Å²) in [6.45, 7) is 2.64. The molecule has 1 rings (SSSR count). The second kappa shape index (κ2) is 5.78. The van der Waals surface area contributed by atoms with E-state index in [1.165, 1.54) is 0 Å². The maximum absolute atomic E-state index is 10.8. The average molecular weight is 226 g/mol. The first-order valence-electron chi connectivity index (χ1n) is 4.61. The Hall–Kier alpha value is -1.00. The van der Waals surface area contributed by atoms with Crippen LogP contribution in [0.4, 0.5) is 0 Å². The van der Waals surface area contributed by atoms with Crippen LogP contribution in [0, 0.1) is 6.92 Å². The number of hydrogen-bond donors (Lipinski definition) is 1. The summed E-state index contributed by atoms with van der Waals surface area (Å²) in [5, 5.41) is 8.84. The standard InChI is InChI=1S/C11H14O3S/c1-8-3-4-9(11(12)13)7-10(8)15-6-5-14-2/h3-4,7H,5-6H2,1-2H3,(H,12,13). The molecule has 0 aromatic heterocycles. The third-order valence-corrected chi connectivity index (χ3v) is 3.10. The highest BCUT2D eigenvalue weighted by Crippen LogP contribution is 2.23. The van der Waals surface area contributed by atoms with Crippen LogP contribution in [0.1, 0.15) is 15.9 Å². The summed E-state index contributed by atoms with van der Waals surface area (Å²) in [6.07, 6.45) is 0. The van der Waals surface area contributed by atoms with Gasteiger partial charge in [0.05, 0.1) is 12.2 Å². The third-order valence-electron chi connectivity index (χ3n) is 1.98. The molecule has 0 radical (unpaired) electrons. The number of carboxylic acid groups (broad SMARTS) is 1. The van der Waals surface area contributed by atoms with Crippen molar-refractivity contribution in [2.45, 2.75) is 11.8 Å². The maximum Gasteiger partial charge on any atom is 0.335 e. The van der Waals surface area contributed by atoms with Gasteiger partial charge in [0.2, 0.25) is 0 Å². The van der Waals surface area contributed by atoms with E-state index in [9.17, 15) is 4.79 Å². The molecule has 0 unspecified atom stereocenters. The number of methoxy groups -OCH3 is 1. The van der Waals surface area contributed by atoms with Crippen molar-refractivity contribution in [2.24, 2.45) is 0 Å². The van der Waals surface area contributed by atoms with Gasteiger partial charge in [-0.1, -0.05) is 6.07 Å². The molecule has 0 saturated carbocycles. The van der Waals surface area contributed by atoms with Gasteiger partial charge >= 0.3 is 5.97 Å². The van der Waals surface area contributed by atoms with Gasteiger partial charge in [-0.05, 0) is 24.6 Å². The van der Waals surface area contributed by atoms with Gasteiger partial charge in [-0.15, -0.1) is 11.8 Å². The van der Waals surface area contributed by atoms with Gasteiger partial charge < -0.3 is 9.84 Å². The Labute approximate surface area is 93.4 Å². The maximum atomic E-state index is 10.8. The van der Waals surface area contributed by atoms with Gasteiger partial charge in [-0.2, -0.15) is 0 Å². The van der Waals surface area contributed by atoms with E-state index in [2.05, 4.69) is 0 Å². The molecule has 0 heterocycles. The Morgan fingerprint density at radius 3 is 2.87 bits per heavy atom. The van der Waals surface area contributed by atoms with Crippen molar-refractivity contribution in [1.82, 2.24) is 0 Å². The van der Waals surface area contributed by atoms with Crippen molar-refractivity contribution in [3.63, 3.8) is 0 Å². The lowest BCUT2D eigenvalue weighted by Crippen LogP contribution is -1.98. The Morgan fingerprint density at radius 1 is 1.53 bits per heavy atom. The molecule has 0 spiro atoms. The first kappa shape index (κ1) is 12.1. The number of thioether (sulfide) groups is 1. The van der Waals surface area contributed by atoms with Crippen molar-refractivity contribution < 1.29 is 14.6 Å². The third kappa shape index (κ3) is 3.57. The normalized spacial score (nSPS) is 10.3. The zero-order valence-corrected chi connectivity index (χ0v) is 9.63. The molecule has 0 aliphatic rings. The highest BCUT2D eigenvalue weighted by atomic mass is 32.2. The Bertz CT molecular complexity index is 350. The number of hydrogen-bond acceptors (Lipinski definition) is 3. The molecule has 1 aromatic rings. The fourth-order valence-electron chi connectivity index (χ4n) is 1.12. The lowest BCUT2D eigenvalue weighted by molar-refractivity contribution is 0.0696. The highest BCUT2D eigenvalue weighted by Gasteiger charge is 2.06. The zero-order valence-electron chi connectivity index (χ0n) is 8.82. The van der Waals surface area contributed by atoms with Gasteiger partial charge in [0, 0.05) is 17.8 Å². The van der Waals surface area contributed by atoms with Crippen LogP contribution in [0.25, 0.3) is 0 Å². The molecule has 1 aromatic carbocycles. The number of benzene rings is 1. The predicted octanol–water partition coefficient (Wildman–Crippen LogP) is 2.43. The van der Waals surface area contributed by atoms with Gasteiger partial charge in [-0.3, -0.25) is 0 Å². The zero-order chi connectivity index (χ0) is 11.3. The van der Waals surface area contributed by atoms with Crippen molar-refractivity contribution >= 4 is 17.7 Å². The quantitative estimate of drug-likeness (QED) is 0.618. The number of ether oxygens (including phenoxy) is 1. The minimum Gasteiger partial charge on any atom is -0.478 e. The molecule has 0 saturated heterocycles. The summed E-state index contributed by atoms with van der Waals surface area (Å²) in [4.78, 5) is 11.8. The molecule has 3 nitrogen and oxygen atoms in total. The van der Waals surface area contributed by atoms with E-state index in [-0.39, 0.29) is 0 Å². The molecule has 1 N–H and O–H groups in total. The smallest absolute Gasteiger partial charge is 0.335 e. The van der Waals surface area contributed by atoms with E-state index in [1.807, 2.05) is 13.0 Å². The van der Waals surface area contributed by atoms with Crippen molar-refractivity contribution in [3.8, 4) is 0 Å². The number of aryl methyl sites for hydroxylation is 1. The van der Waals surface area contributed by atoms with E-state index in [4.69, 9.17) is 9.84 Å². The molecule has 0 aliphatic carbocycles. The first-order valence-corrected chi connectivity index (χ1v) is 5.59. The Balaban J connectivity index is 2.76. The summed E-state index contributed by atoms with van der Waals surface area (Å²) >= 11 is 1.61. The monoisotopic (exact) mass is 226 g/mol. The second-order valence-corrected chi connectivity index (χ2v) is 4.26. The minimum absolute atomic E-state index is 0.334. The molecular formula is C11H14O3S. The summed E-state index contributed by atoms with van der Waals surface area (Å²) in [6, 6.07) is 5.16. The van der Waals surface area contributed by atoms with Crippen LogP contribution in [0.15, 0.2) is 23.1 Å². The first-order chi connectivity index (χ1) is 7.15. The summed E-state index contributed by atoms with van der Waals surface area (Å²) in [7, 11) is 1.65. The summed E-state index contributed by atoms with van der Waals surface area (Å²) < 4.78 is 4.94. The van der Waals surface area contributed by atoms with Crippen LogP contribution in [0.5, 0.6) is 0 Å². The van der Waals surface area contributed by atoms with Crippen molar-refractivity contribution in [1.29, 1.82) is 0 Å². The van der Waals surface area contributed by atoms with Crippen LogP contribution in [0.2, 0.25) is 0 Å².